The minimum absolute atomic E-state index is 0.0417. The molecule has 2 amide bonds. The Morgan fingerprint density at radius 3 is 2.57 bits per heavy atom. The number of anilines is 2. The number of nitrogens with one attached hydrogen (secondary N) is 3. The Morgan fingerprint density at radius 2 is 1.90 bits per heavy atom. The van der Waals surface area contributed by atoms with Gasteiger partial charge in [-0.15, -0.1) is 0 Å². The van der Waals surface area contributed by atoms with Gasteiger partial charge in [-0.3, -0.25) is 25.0 Å². The highest BCUT2D eigenvalue weighted by Gasteiger charge is 2.20. The minimum Gasteiger partial charge on any atom is -0.494 e. The zero-order valence-corrected chi connectivity index (χ0v) is 17.4. The van der Waals surface area contributed by atoms with Crippen LogP contribution < -0.4 is 20.7 Å². The SMILES string of the molecule is CCCCC(=O)Nc1ccc(NC(=S)NC(=O)c2ccccc2[N+](=O)[O-])cc1OC. The molecule has 0 unspecified atom stereocenters. The van der Waals surface area contributed by atoms with Crippen molar-refractivity contribution in [3.63, 3.8) is 0 Å². The first-order valence-electron chi connectivity index (χ1n) is 9.19. The Kier molecular flexibility index (Phi) is 8.24. The zero-order chi connectivity index (χ0) is 22.1. The molecular formula is C20H22N4O5S. The number of hydrogen-bond acceptors (Lipinski definition) is 6. The van der Waals surface area contributed by atoms with Crippen molar-refractivity contribution >= 4 is 46.2 Å². The lowest BCUT2D eigenvalue weighted by Gasteiger charge is -2.14. The Balaban J connectivity index is 2.05. The van der Waals surface area contributed by atoms with Gasteiger partial charge < -0.3 is 15.4 Å². The molecule has 0 saturated heterocycles. The Morgan fingerprint density at radius 1 is 1.17 bits per heavy atom. The van der Waals surface area contributed by atoms with Gasteiger partial charge in [-0.05, 0) is 36.8 Å². The quantitative estimate of drug-likeness (QED) is 0.330. The van der Waals surface area contributed by atoms with Gasteiger partial charge in [0.15, 0.2) is 5.11 Å². The number of unbranched alkanes of at least 4 members (excludes halogenated alkanes) is 1. The molecule has 0 fully saturated rings. The maximum absolute atomic E-state index is 12.3. The van der Waals surface area contributed by atoms with Crippen LogP contribution in [-0.4, -0.2) is 29.0 Å². The average molecular weight is 430 g/mol. The molecule has 2 rings (SSSR count). The monoisotopic (exact) mass is 430 g/mol. The van der Waals surface area contributed by atoms with Gasteiger partial charge >= 0.3 is 0 Å². The summed E-state index contributed by atoms with van der Waals surface area (Å²) in [5.41, 5.74) is 0.599. The number of nitro groups is 1. The van der Waals surface area contributed by atoms with Crippen LogP contribution in [0.1, 0.15) is 36.5 Å². The second-order valence-electron chi connectivity index (χ2n) is 6.25. The summed E-state index contributed by atoms with van der Waals surface area (Å²) in [5, 5.41) is 19.1. The topological polar surface area (TPSA) is 123 Å². The molecule has 0 aliphatic carbocycles. The molecule has 0 aliphatic rings. The Hall–Kier alpha value is -3.53. The number of methoxy groups -OCH3 is 1. The highest BCUT2D eigenvalue weighted by molar-refractivity contribution is 7.80. The summed E-state index contributed by atoms with van der Waals surface area (Å²) in [6.07, 6.45) is 2.13. The van der Waals surface area contributed by atoms with Gasteiger partial charge in [0.05, 0.1) is 17.7 Å². The van der Waals surface area contributed by atoms with Crippen LogP contribution in [0.25, 0.3) is 0 Å². The number of ether oxygens (including phenoxy) is 1. The van der Waals surface area contributed by atoms with Gasteiger partial charge in [-0.25, -0.2) is 0 Å². The summed E-state index contributed by atoms with van der Waals surface area (Å²) in [6.45, 7) is 2.01. The summed E-state index contributed by atoms with van der Waals surface area (Å²) < 4.78 is 5.31. The van der Waals surface area contributed by atoms with E-state index in [4.69, 9.17) is 17.0 Å². The number of nitrogens with zero attached hydrogens (tertiary/aromatic N) is 1. The number of carbonyl (C=O) groups excluding carboxylic acids is 2. The maximum atomic E-state index is 12.3. The molecule has 0 aliphatic heterocycles. The minimum atomic E-state index is -0.702. The van der Waals surface area contributed by atoms with Crippen LogP contribution in [0.2, 0.25) is 0 Å². The lowest BCUT2D eigenvalue weighted by molar-refractivity contribution is -0.385. The molecule has 0 bridgehead atoms. The van der Waals surface area contributed by atoms with Crippen molar-refractivity contribution in [1.82, 2.24) is 5.32 Å². The van der Waals surface area contributed by atoms with Crippen LogP contribution in [0.15, 0.2) is 42.5 Å². The number of para-hydroxylation sites is 1. The molecule has 30 heavy (non-hydrogen) atoms. The van der Waals surface area contributed by atoms with Crippen molar-refractivity contribution in [3.05, 3.63) is 58.1 Å². The first-order valence-corrected chi connectivity index (χ1v) is 9.60. The van der Waals surface area contributed by atoms with Gasteiger partial charge in [-0.1, -0.05) is 25.5 Å². The van der Waals surface area contributed by atoms with E-state index in [9.17, 15) is 19.7 Å². The molecule has 0 radical (unpaired) electrons. The molecule has 10 heteroatoms. The average Bonchev–Trinajstić information content (AvgIpc) is 2.73. The van der Waals surface area contributed by atoms with E-state index in [-0.39, 0.29) is 22.3 Å². The lowest BCUT2D eigenvalue weighted by atomic mass is 10.1. The van der Waals surface area contributed by atoms with Crippen molar-refractivity contribution < 1.29 is 19.2 Å². The first-order chi connectivity index (χ1) is 14.3. The largest absolute Gasteiger partial charge is 0.494 e. The van der Waals surface area contributed by atoms with E-state index >= 15 is 0 Å². The molecule has 2 aromatic carbocycles. The van der Waals surface area contributed by atoms with Crippen LogP contribution >= 0.6 is 12.2 Å². The summed E-state index contributed by atoms with van der Waals surface area (Å²) >= 11 is 5.13. The highest BCUT2D eigenvalue weighted by Crippen LogP contribution is 2.28. The Bertz CT molecular complexity index is 964. The van der Waals surface area contributed by atoms with E-state index in [0.717, 1.165) is 12.8 Å². The van der Waals surface area contributed by atoms with E-state index < -0.39 is 10.8 Å². The standard InChI is InChI=1S/C20H22N4O5S/c1-3-4-9-18(25)22-15-11-10-13(12-17(15)29-2)21-20(30)23-19(26)14-7-5-6-8-16(14)24(27)28/h5-8,10-12H,3-4,9H2,1-2H3,(H,22,25)(H2,21,23,26,30). The third-order valence-corrected chi connectivity index (χ3v) is 4.27. The summed E-state index contributed by atoms with van der Waals surface area (Å²) in [4.78, 5) is 34.7. The highest BCUT2D eigenvalue weighted by atomic mass is 32.1. The molecule has 0 aromatic heterocycles. The van der Waals surface area contributed by atoms with E-state index in [1.807, 2.05) is 6.92 Å². The van der Waals surface area contributed by atoms with Gasteiger partial charge in [0.2, 0.25) is 5.91 Å². The molecule has 0 heterocycles. The van der Waals surface area contributed by atoms with Crippen LogP contribution in [0.4, 0.5) is 17.1 Å². The van der Waals surface area contributed by atoms with Crippen LogP contribution in [0.5, 0.6) is 5.75 Å². The number of carbonyl (C=O) groups is 2. The van der Waals surface area contributed by atoms with Gasteiger partial charge in [-0.2, -0.15) is 0 Å². The second-order valence-corrected chi connectivity index (χ2v) is 6.66. The van der Waals surface area contributed by atoms with Gasteiger partial charge in [0.25, 0.3) is 11.6 Å². The predicted octanol–water partition coefficient (Wildman–Crippen LogP) is 3.86. The molecule has 0 saturated carbocycles. The van der Waals surface area contributed by atoms with Crippen molar-refractivity contribution in [1.29, 1.82) is 0 Å². The summed E-state index contributed by atoms with van der Waals surface area (Å²) in [6, 6.07) is 10.5. The normalized spacial score (nSPS) is 10.1. The second kappa shape index (κ2) is 10.9. The number of hydrogen-bond donors (Lipinski definition) is 3. The third kappa shape index (κ3) is 6.24. The number of benzene rings is 2. The molecule has 3 N–H and O–H groups in total. The third-order valence-electron chi connectivity index (χ3n) is 4.06. The van der Waals surface area contributed by atoms with Crippen LogP contribution in [0.3, 0.4) is 0 Å². The summed E-state index contributed by atoms with van der Waals surface area (Å²) in [7, 11) is 1.47. The fourth-order valence-electron chi connectivity index (χ4n) is 2.58. The predicted molar refractivity (Wildman–Crippen MR) is 118 cm³/mol. The maximum Gasteiger partial charge on any atom is 0.282 e. The van der Waals surface area contributed by atoms with Crippen LogP contribution in [0, 0.1) is 10.1 Å². The molecule has 9 nitrogen and oxygen atoms in total. The van der Waals surface area contributed by atoms with Crippen LogP contribution in [-0.2, 0) is 4.79 Å². The van der Waals surface area contributed by atoms with Crippen molar-refractivity contribution in [2.24, 2.45) is 0 Å². The van der Waals surface area contributed by atoms with E-state index in [1.165, 1.54) is 31.4 Å². The Labute approximate surface area is 179 Å². The van der Waals surface area contributed by atoms with E-state index in [0.29, 0.717) is 23.5 Å². The van der Waals surface area contributed by atoms with Gasteiger partial charge in [0.1, 0.15) is 11.3 Å². The fourth-order valence-corrected chi connectivity index (χ4v) is 2.79. The molecule has 2 aromatic rings. The fraction of sp³-hybridized carbons (Fsp3) is 0.250. The molecule has 158 valence electrons. The van der Waals surface area contributed by atoms with Gasteiger partial charge in [0, 0.05) is 24.2 Å². The lowest BCUT2D eigenvalue weighted by Crippen LogP contribution is -2.34. The zero-order valence-electron chi connectivity index (χ0n) is 16.6. The summed E-state index contributed by atoms with van der Waals surface area (Å²) in [5.74, 6) is -0.396. The number of rotatable bonds is 8. The smallest absolute Gasteiger partial charge is 0.282 e. The molecule has 0 atom stereocenters. The number of nitro benzene ring substituents is 1. The first kappa shape index (κ1) is 22.8. The number of thiocarbonyl (C=S) groups is 1. The van der Waals surface area contributed by atoms with Crippen molar-refractivity contribution in [3.8, 4) is 5.75 Å². The molecular weight excluding hydrogens is 408 g/mol. The van der Waals surface area contributed by atoms with Crippen molar-refractivity contribution in [2.75, 3.05) is 17.7 Å². The van der Waals surface area contributed by atoms with E-state index in [2.05, 4.69) is 16.0 Å². The van der Waals surface area contributed by atoms with Crippen molar-refractivity contribution in [2.45, 2.75) is 26.2 Å². The molecule has 0 spiro atoms. The number of amides is 2. The van der Waals surface area contributed by atoms with E-state index in [1.54, 1.807) is 18.2 Å².